The molecule has 14 heteroatoms. The van der Waals surface area contributed by atoms with E-state index in [1.54, 1.807) is 16.9 Å². The molecule has 5 heterocycles. The Labute approximate surface area is 402 Å². The number of anilines is 3. The first-order valence-corrected chi connectivity index (χ1v) is 26.9. The number of H-pyrrole nitrogens is 2. The van der Waals surface area contributed by atoms with E-state index in [9.17, 15) is 19.5 Å². The zero-order valence-corrected chi connectivity index (χ0v) is 40.4. The van der Waals surface area contributed by atoms with Gasteiger partial charge in [-0.15, -0.1) is 0 Å². The molecule has 4 amide bonds. The number of carbonyl (C=O) groups excluding carboxylic acids is 4. The molecule has 7 aromatic rings. The van der Waals surface area contributed by atoms with Crippen molar-refractivity contribution < 1.29 is 33.8 Å². The topological polar surface area (TPSA) is 169 Å². The van der Waals surface area contributed by atoms with E-state index >= 15 is 4.79 Å². The molecule has 0 radical (unpaired) electrons. The maximum absolute atomic E-state index is 15.7. The lowest BCUT2D eigenvalue weighted by Crippen LogP contribution is -2.52. The first-order valence-electron chi connectivity index (χ1n) is 23.9. The fraction of sp³-hybridized carbons (Fsp3) is 0.309. The van der Waals surface area contributed by atoms with Gasteiger partial charge in [-0.05, 0) is 89.7 Å². The number of aliphatic hydroxyl groups excluding tert-OH is 1. The van der Waals surface area contributed by atoms with Crippen molar-refractivity contribution in [2.45, 2.75) is 82.0 Å². The van der Waals surface area contributed by atoms with Crippen molar-refractivity contribution in [1.29, 1.82) is 0 Å². The standard InChI is InChI=1S/C55H58N6O7Si/c1-34-53(69(3,4)42-22-20-41(67-2)21-23-42)49(29-52(65)60-25-9-10-40(60)33-62)68-55(34)45-28-39(59-51(64)27-37-31-57-47-14-8-6-12-44(37)47)19-24-48(45)61(54(55)66)32-35-15-17-38(18-16-35)58-50(63)26-36-30-56-46-13-7-5-11-43(36)46/h5-8,11-24,28,30-31,34,40,49,53,56-57,62H,9-10,25-27,29,32-33H2,1-4H3,(H,58,63)(H,59,64)/t34-,40-,49+,53-,55+/m0/s1. The van der Waals surface area contributed by atoms with Gasteiger partial charge < -0.3 is 45.0 Å². The van der Waals surface area contributed by atoms with Crippen molar-refractivity contribution in [3.63, 3.8) is 0 Å². The Morgan fingerprint density at radius 3 is 2.06 bits per heavy atom. The number of ether oxygens (including phenoxy) is 2. The second-order valence-corrected chi connectivity index (χ2v) is 24.1. The van der Waals surface area contributed by atoms with Crippen LogP contribution in [-0.2, 0) is 48.9 Å². The molecule has 5 aromatic carbocycles. The number of likely N-dealkylation sites (tertiary alicyclic amines) is 1. The largest absolute Gasteiger partial charge is 0.497 e. The van der Waals surface area contributed by atoms with Gasteiger partial charge in [0.25, 0.3) is 5.91 Å². The summed E-state index contributed by atoms with van der Waals surface area (Å²) >= 11 is 0. The monoisotopic (exact) mass is 942 g/mol. The van der Waals surface area contributed by atoms with Gasteiger partial charge in [-0.1, -0.05) is 85.9 Å². The molecule has 5 N–H and O–H groups in total. The maximum atomic E-state index is 15.7. The summed E-state index contributed by atoms with van der Waals surface area (Å²) in [6.07, 6.45) is 5.04. The van der Waals surface area contributed by atoms with Crippen LogP contribution in [-0.4, -0.2) is 84.1 Å². The minimum Gasteiger partial charge on any atom is -0.497 e. The van der Waals surface area contributed by atoms with Crippen molar-refractivity contribution in [3.05, 3.63) is 150 Å². The number of aromatic amines is 2. The molecular weight excluding hydrogens is 885 g/mol. The SMILES string of the molecule is COc1ccc([Si](C)(C)[C@@H]2[C@@H](CC(=O)N3CCC[C@H]3CO)O[C@]3(C(=O)N(Cc4ccc(NC(=O)Cc5c[nH]c6ccccc56)cc4)c4ccc(NC(=O)Cc5c[nH]c6ccccc56)cc43)[C@H]2C)cc1. The van der Waals surface area contributed by atoms with Gasteiger partial charge in [-0.2, -0.15) is 0 Å². The summed E-state index contributed by atoms with van der Waals surface area (Å²) in [4.78, 5) is 67.2. The molecule has 1 spiro atoms. The number of nitrogens with one attached hydrogen (secondary N) is 4. The number of rotatable bonds is 14. The molecule has 5 atom stereocenters. The summed E-state index contributed by atoms with van der Waals surface area (Å²) in [5.41, 5.74) is 5.29. The number of hydrogen-bond acceptors (Lipinski definition) is 7. The molecule has 354 valence electrons. The fourth-order valence-corrected chi connectivity index (χ4v) is 15.6. The lowest BCUT2D eigenvalue weighted by Gasteiger charge is -2.37. The zero-order chi connectivity index (χ0) is 48.0. The van der Waals surface area contributed by atoms with Crippen molar-refractivity contribution in [2.24, 2.45) is 5.92 Å². The van der Waals surface area contributed by atoms with E-state index in [2.05, 4.69) is 52.8 Å². The Hall–Kier alpha value is -7.00. The normalized spacial score (nSPS) is 21.1. The van der Waals surface area contributed by atoms with Crippen LogP contribution in [0.4, 0.5) is 17.1 Å². The molecule has 2 fully saturated rings. The lowest BCUT2D eigenvalue weighted by molar-refractivity contribution is -0.150. The summed E-state index contributed by atoms with van der Waals surface area (Å²) in [7, 11) is -0.974. The highest BCUT2D eigenvalue weighted by Crippen LogP contribution is 2.60. The van der Waals surface area contributed by atoms with E-state index in [1.165, 1.54) is 0 Å². The summed E-state index contributed by atoms with van der Waals surface area (Å²) in [6.45, 7) is 7.30. The third-order valence-corrected chi connectivity index (χ3v) is 19.4. The zero-order valence-electron chi connectivity index (χ0n) is 39.4. The van der Waals surface area contributed by atoms with Crippen LogP contribution in [0.5, 0.6) is 5.75 Å². The van der Waals surface area contributed by atoms with E-state index in [0.29, 0.717) is 29.2 Å². The minimum absolute atomic E-state index is 0.0526. The van der Waals surface area contributed by atoms with Gasteiger partial charge in [0.15, 0.2) is 5.60 Å². The molecule has 69 heavy (non-hydrogen) atoms. The third kappa shape index (κ3) is 8.40. The molecule has 3 aliphatic heterocycles. The smallest absolute Gasteiger partial charge is 0.264 e. The van der Waals surface area contributed by atoms with Crippen LogP contribution in [0.1, 0.15) is 48.4 Å². The molecule has 10 rings (SSSR count). The number of fused-ring (bicyclic) bond motifs is 4. The number of aliphatic hydroxyl groups is 1. The second kappa shape index (κ2) is 18.5. The Bertz CT molecular complexity index is 3070. The Morgan fingerprint density at radius 1 is 0.826 bits per heavy atom. The van der Waals surface area contributed by atoms with Gasteiger partial charge in [0.05, 0.1) is 65.4 Å². The van der Waals surface area contributed by atoms with Gasteiger partial charge in [-0.3, -0.25) is 19.2 Å². The van der Waals surface area contributed by atoms with Gasteiger partial charge in [0.1, 0.15) is 5.75 Å². The predicted octanol–water partition coefficient (Wildman–Crippen LogP) is 8.16. The average Bonchev–Trinajstić information content (AvgIpc) is 4.19. The third-order valence-electron chi connectivity index (χ3n) is 15.0. The lowest BCUT2D eigenvalue weighted by atomic mass is 9.82. The van der Waals surface area contributed by atoms with Crippen molar-refractivity contribution in [1.82, 2.24) is 14.9 Å². The van der Waals surface area contributed by atoms with Gasteiger partial charge in [0, 0.05) is 63.6 Å². The molecule has 2 saturated heterocycles. The number of amides is 4. The Kier molecular flexibility index (Phi) is 12.3. The van der Waals surface area contributed by atoms with Crippen LogP contribution in [0.25, 0.3) is 21.8 Å². The molecule has 0 bridgehead atoms. The Balaban J connectivity index is 0.983. The van der Waals surface area contributed by atoms with E-state index in [0.717, 1.165) is 62.3 Å². The van der Waals surface area contributed by atoms with Crippen LogP contribution in [0.15, 0.2) is 128 Å². The highest BCUT2D eigenvalue weighted by molar-refractivity contribution is 6.91. The maximum Gasteiger partial charge on any atom is 0.264 e. The first kappa shape index (κ1) is 45.8. The molecule has 13 nitrogen and oxygen atoms in total. The summed E-state index contributed by atoms with van der Waals surface area (Å²) in [5, 5.41) is 19.5. The Morgan fingerprint density at radius 2 is 1.43 bits per heavy atom. The number of para-hydroxylation sites is 2. The summed E-state index contributed by atoms with van der Waals surface area (Å²) in [6, 6.07) is 36.7. The molecular formula is C55H58N6O7Si. The van der Waals surface area contributed by atoms with E-state index in [1.807, 2.05) is 116 Å². The molecule has 0 saturated carbocycles. The van der Waals surface area contributed by atoms with E-state index < -0.39 is 25.7 Å². The van der Waals surface area contributed by atoms with Crippen molar-refractivity contribution in [2.75, 3.05) is 35.8 Å². The highest BCUT2D eigenvalue weighted by Gasteiger charge is 2.66. The van der Waals surface area contributed by atoms with Crippen LogP contribution in [0.2, 0.25) is 18.6 Å². The number of carbonyl (C=O) groups is 4. The van der Waals surface area contributed by atoms with Crippen LogP contribution in [0, 0.1) is 5.92 Å². The number of benzene rings is 5. The number of nitrogens with zero attached hydrogens (tertiary/aromatic N) is 2. The number of aromatic nitrogens is 2. The second-order valence-electron chi connectivity index (χ2n) is 19.4. The van der Waals surface area contributed by atoms with Crippen LogP contribution >= 0.6 is 0 Å². The molecule has 3 aliphatic rings. The van der Waals surface area contributed by atoms with Gasteiger partial charge >= 0.3 is 0 Å². The van der Waals surface area contributed by atoms with E-state index in [-0.39, 0.29) is 67.6 Å². The number of methoxy groups -OCH3 is 1. The van der Waals surface area contributed by atoms with Crippen molar-refractivity contribution >= 4 is 75.8 Å². The predicted molar refractivity (Wildman–Crippen MR) is 271 cm³/mol. The summed E-state index contributed by atoms with van der Waals surface area (Å²) < 4.78 is 12.9. The van der Waals surface area contributed by atoms with E-state index in [4.69, 9.17) is 9.47 Å². The average molecular weight is 943 g/mol. The molecule has 2 aromatic heterocycles. The van der Waals surface area contributed by atoms with Gasteiger partial charge in [0.2, 0.25) is 17.7 Å². The molecule has 0 aliphatic carbocycles. The molecule has 0 unspecified atom stereocenters. The quantitative estimate of drug-likeness (QED) is 0.0686. The first-order chi connectivity index (χ1) is 33.4. The minimum atomic E-state index is -2.61. The highest BCUT2D eigenvalue weighted by atomic mass is 28.3. The van der Waals surface area contributed by atoms with Crippen LogP contribution < -0.4 is 25.5 Å². The van der Waals surface area contributed by atoms with Crippen molar-refractivity contribution in [3.8, 4) is 5.75 Å². The van der Waals surface area contributed by atoms with Crippen LogP contribution in [0.3, 0.4) is 0 Å². The summed E-state index contributed by atoms with van der Waals surface area (Å²) in [5.74, 6) is -0.355. The fourth-order valence-electron chi connectivity index (χ4n) is 11.6. The van der Waals surface area contributed by atoms with Gasteiger partial charge in [-0.25, -0.2) is 0 Å². The number of hydrogen-bond donors (Lipinski definition) is 5.